The van der Waals surface area contributed by atoms with Crippen LogP contribution in [0.15, 0.2) is 30.6 Å². The van der Waals surface area contributed by atoms with Crippen LogP contribution in [0.5, 0.6) is 0 Å². The third-order valence-electron chi connectivity index (χ3n) is 3.99. The Morgan fingerprint density at radius 2 is 2.00 bits per heavy atom. The van der Waals surface area contributed by atoms with Gasteiger partial charge in [0, 0.05) is 47.1 Å². The summed E-state index contributed by atoms with van der Waals surface area (Å²) in [4.78, 5) is 6.53. The first-order chi connectivity index (χ1) is 10.1. The van der Waals surface area contributed by atoms with Crippen LogP contribution in [0.25, 0.3) is 10.8 Å². The Morgan fingerprint density at radius 3 is 2.76 bits per heavy atom. The molecule has 1 aromatic heterocycles. The van der Waals surface area contributed by atoms with Gasteiger partial charge in [-0.1, -0.05) is 0 Å². The summed E-state index contributed by atoms with van der Waals surface area (Å²) < 4.78 is 0. The van der Waals surface area contributed by atoms with Crippen molar-refractivity contribution in [1.29, 1.82) is 0 Å². The minimum Gasteiger partial charge on any atom is -0.398 e. The van der Waals surface area contributed by atoms with Crippen molar-refractivity contribution in [3.05, 3.63) is 30.6 Å². The maximum absolute atomic E-state index is 5.99. The minimum atomic E-state index is 0.617. The summed E-state index contributed by atoms with van der Waals surface area (Å²) in [6.45, 7) is 6.58. The number of unbranched alkanes of at least 4 members (excludes halogenated alkanes) is 1. The number of rotatable bonds is 7. The van der Waals surface area contributed by atoms with E-state index in [1.807, 2.05) is 24.5 Å². The fourth-order valence-corrected chi connectivity index (χ4v) is 2.33. The summed E-state index contributed by atoms with van der Waals surface area (Å²) in [5.41, 5.74) is 7.91. The Bertz CT molecular complexity index is 580. The Hall–Kier alpha value is -1.81. The summed E-state index contributed by atoms with van der Waals surface area (Å²) in [5.74, 6) is 0. The van der Waals surface area contributed by atoms with Gasteiger partial charge in [0.1, 0.15) is 0 Å². The van der Waals surface area contributed by atoms with E-state index in [4.69, 9.17) is 5.73 Å². The molecule has 0 atom stereocenters. The molecule has 0 fully saturated rings. The van der Waals surface area contributed by atoms with Gasteiger partial charge in [-0.2, -0.15) is 0 Å². The Labute approximate surface area is 127 Å². The van der Waals surface area contributed by atoms with Gasteiger partial charge >= 0.3 is 0 Å². The second-order valence-corrected chi connectivity index (χ2v) is 5.83. The second kappa shape index (κ2) is 7.27. The number of nitrogens with two attached hydrogens (primary N) is 1. The zero-order chi connectivity index (χ0) is 15.2. The van der Waals surface area contributed by atoms with Gasteiger partial charge in [-0.15, -0.1) is 0 Å². The molecule has 2 aromatic rings. The molecule has 0 spiro atoms. The monoisotopic (exact) mass is 286 g/mol. The highest BCUT2D eigenvalue weighted by molar-refractivity contribution is 6.00. The average molecular weight is 286 g/mol. The Kier molecular flexibility index (Phi) is 5.39. The number of fused-ring (bicyclic) bond motifs is 1. The lowest BCUT2D eigenvalue weighted by molar-refractivity contribution is 0.269. The van der Waals surface area contributed by atoms with Crippen LogP contribution in [0.3, 0.4) is 0 Å². The molecule has 1 aromatic carbocycles. The Balaban J connectivity index is 1.88. The van der Waals surface area contributed by atoms with E-state index in [1.165, 1.54) is 6.42 Å². The number of aromatic nitrogens is 1. The van der Waals surface area contributed by atoms with Crippen molar-refractivity contribution in [2.75, 3.05) is 31.2 Å². The average Bonchev–Trinajstić information content (AvgIpc) is 2.49. The highest BCUT2D eigenvalue weighted by Crippen LogP contribution is 2.27. The third kappa shape index (κ3) is 4.08. The predicted molar refractivity (Wildman–Crippen MR) is 91.6 cm³/mol. The molecule has 0 bridgehead atoms. The molecule has 0 saturated carbocycles. The molecule has 3 N–H and O–H groups in total. The molecule has 0 amide bonds. The lowest BCUT2D eigenvalue weighted by Gasteiger charge is -2.20. The largest absolute Gasteiger partial charge is 0.398 e. The van der Waals surface area contributed by atoms with Crippen molar-refractivity contribution < 1.29 is 0 Å². The number of hydrogen-bond acceptors (Lipinski definition) is 4. The van der Waals surface area contributed by atoms with Gasteiger partial charge in [0.15, 0.2) is 0 Å². The quantitative estimate of drug-likeness (QED) is 0.605. The standard InChI is InChI=1S/C17H26N4/c1-13(2)21(3)11-5-4-9-20-17-7-6-16(18)15-12-19-10-8-14(15)17/h6-8,10,12-13,20H,4-5,9,11,18H2,1-3H3. The molecule has 0 unspecified atom stereocenters. The van der Waals surface area contributed by atoms with Gasteiger partial charge in [-0.05, 0) is 58.5 Å². The van der Waals surface area contributed by atoms with E-state index in [0.29, 0.717) is 6.04 Å². The van der Waals surface area contributed by atoms with Gasteiger partial charge in [-0.3, -0.25) is 4.98 Å². The number of hydrogen-bond donors (Lipinski definition) is 2. The first-order valence-electron chi connectivity index (χ1n) is 7.66. The molecule has 0 aliphatic heterocycles. The molecule has 4 heteroatoms. The molecular weight excluding hydrogens is 260 g/mol. The highest BCUT2D eigenvalue weighted by atomic mass is 15.1. The lowest BCUT2D eigenvalue weighted by Crippen LogP contribution is -2.27. The third-order valence-corrected chi connectivity index (χ3v) is 3.99. The van der Waals surface area contributed by atoms with E-state index in [-0.39, 0.29) is 0 Å². The molecule has 0 aliphatic carbocycles. The molecule has 114 valence electrons. The van der Waals surface area contributed by atoms with E-state index >= 15 is 0 Å². The van der Waals surface area contributed by atoms with Crippen LogP contribution in [0.2, 0.25) is 0 Å². The fraction of sp³-hybridized carbons (Fsp3) is 0.471. The van der Waals surface area contributed by atoms with Crippen molar-refractivity contribution in [2.24, 2.45) is 0 Å². The molecule has 1 heterocycles. The van der Waals surface area contributed by atoms with Gasteiger partial charge in [0.05, 0.1) is 0 Å². The molecule has 0 aliphatic rings. The van der Waals surface area contributed by atoms with Crippen molar-refractivity contribution in [2.45, 2.75) is 32.7 Å². The van der Waals surface area contributed by atoms with Crippen LogP contribution in [0, 0.1) is 0 Å². The van der Waals surface area contributed by atoms with Crippen LogP contribution in [0.1, 0.15) is 26.7 Å². The first-order valence-corrected chi connectivity index (χ1v) is 7.66. The number of pyridine rings is 1. The number of anilines is 2. The van der Waals surface area contributed by atoms with Crippen molar-refractivity contribution >= 4 is 22.1 Å². The number of nitrogens with one attached hydrogen (secondary N) is 1. The van der Waals surface area contributed by atoms with E-state index in [2.05, 4.69) is 42.2 Å². The van der Waals surface area contributed by atoms with Crippen molar-refractivity contribution in [3.63, 3.8) is 0 Å². The van der Waals surface area contributed by atoms with E-state index < -0.39 is 0 Å². The summed E-state index contributed by atoms with van der Waals surface area (Å²) in [5, 5.41) is 5.67. The molecular formula is C17H26N4. The Morgan fingerprint density at radius 1 is 1.19 bits per heavy atom. The van der Waals surface area contributed by atoms with Gasteiger partial charge in [0.2, 0.25) is 0 Å². The zero-order valence-corrected chi connectivity index (χ0v) is 13.3. The van der Waals surface area contributed by atoms with Crippen LogP contribution in [0.4, 0.5) is 11.4 Å². The summed E-state index contributed by atoms with van der Waals surface area (Å²) in [6.07, 6.45) is 6.00. The predicted octanol–water partition coefficient (Wildman–Crippen LogP) is 3.35. The topological polar surface area (TPSA) is 54.2 Å². The van der Waals surface area contributed by atoms with Gasteiger partial charge < -0.3 is 16.0 Å². The first kappa shape index (κ1) is 15.6. The molecule has 0 radical (unpaired) electrons. The van der Waals surface area contributed by atoms with Crippen molar-refractivity contribution in [3.8, 4) is 0 Å². The van der Waals surface area contributed by atoms with Crippen LogP contribution < -0.4 is 11.1 Å². The van der Waals surface area contributed by atoms with E-state index in [0.717, 1.165) is 41.7 Å². The number of nitrogens with zero attached hydrogens (tertiary/aromatic N) is 2. The van der Waals surface area contributed by atoms with Crippen LogP contribution in [-0.4, -0.2) is 36.1 Å². The zero-order valence-electron chi connectivity index (χ0n) is 13.3. The molecule has 4 nitrogen and oxygen atoms in total. The van der Waals surface area contributed by atoms with Crippen molar-refractivity contribution in [1.82, 2.24) is 9.88 Å². The maximum Gasteiger partial charge on any atom is 0.0422 e. The summed E-state index contributed by atoms with van der Waals surface area (Å²) >= 11 is 0. The minimum absolute atomic E-state index is 0.617. The number of benzene rings is 1. The molecule has 2 rings (SSSR count). The van der Waals surface area contributed by atoms with Crippen LogP contribution in [-0.2, 0) is 0 Å². The number of nitrogen functional groups attached to an aromatic ring is 1. The van der Waals surface area contributed by atoms with Gasteiger partial charge in [-0.25, -0.2) is 0 Å². The smallest absolute Gasteiger partial charge is 0.0422 e. The van der Waals surface area contributed by atoms with Crippen LogP contribution >= 0.6 is 0 Å². The fourth-order valence-electron chi connectivity index (χ4n) is 2.33. The highest BCUT2D eigenvalue weighted by Gasteiger charge is 2.04. The molecule has 21 heavy (non-hydrogen) atoms. The summed E-state index contributed by atoms with van der Waals surface area (Å²) in [7, 11) is 2.18. The maximum atomic E-state index is 5.99. The van der Waals surface area contributed by atoms with Gasteiger partial charge in [0.25, 0.3) is 0 Å². The van der Waals surface area contributed by atoms with E-state index in [1.54, 1.807) is 0 Å². The SMILES string of the molecule is CC(C)N(C)CCCCNc1ccc(N)c2cnccc12. The molecule has 0 saturated heterocycles. The van der Waals surface area contributed by atoms with E-state index in [9.17, 15) is 0 Å². The normalized spacial score (nSPS) is 11.5. The second-order valence-electron chi connectivity index (χ2n) is 5.83. The lowest BCUT2D eigenvalue weighted by atomic mass is 10.1. The summed E-state index contributed by atoms with van der Waals surface area (Å²) in [6, 6.07) is 6.63.